The number of aryl methyl sites for hydroxylation is 1. The SMILES string of the molecule is CCC(Cl)CCNS(=O)(=O)CCc1ccccn1. The van der Waals surface area contributed by atoms with Crippen LogP contribution < -0.4 is 4.72 Å². The molecule has 0 aliphatic heterocycles. The molecule has 0 aliphatic rings. The van der Waals surface area contributed by atoms with Crippen molar-refractivity contribution < 1.29 is 8.42 Å². The molecule has 6 heteroatoms. The molecule has 0 fully saturated rings. The Morgan fingerprint density at radius 1 is 1.44 bits per heavy atom. The number of nitrogens with zero attached hydrogens (tertiary/aromatic N) is 1. The zero-order chi connectivity index (χ0) is 13.4. The van der Waals surface area contributed by atoms with Crippen LogP contribution in [-0.2, 0) is 16.4 Å². The summed E-state index contributed by atoms with van der Waals surface area (Å²) in [5.41, 5.74) is 0.784. The summed E-state index contributed by atoms with van der Waals surface area (Å²) in [4.78, 5) is 4.09. The van der Waals surface area contributed by atoms with E-state index in [9.17, 15) is 8.42 Å². The van der Waals surface area contributed by atoms with E-state index in [0.29, 0.717) is 19.4 Å². The highest BCUT2D eigenvalue weighted by Gasteiger charge is 2.11. The zero-order valence-corrected chi connectivity index (χ0v) is 12.0. The van der Waals surface area contributed by atoms with Gasteiger partial charge in [-0.1, -0.05) is 13.0 Å². The summed E-state index contributed by atoms with van der Waals surface area (Å²) in [5.74, 6) is 0.0586. The van der Waals surface area contributed by atoms with Crippen LogP contribution >= 0.6 is 11.6 Å². The highest BCUT2D eigenvalue weighted by molar-refractivity contribution is 7.89. The first-order valence-electron chi connectivity index (χ1n) is 6.05. The van der Waals surface area contributed by atoms with Gasteiger partial charge in [-0.15, -0.1) is 11.6 Å². The lowest BCUT2D eigenvalue weighted by Gasteiger charge is -2.08. The number of rotatable bonds is 8. The Morgan fingerprint density at radius 2 is 2.22 bits per heavy atom. The van der Waals surface area contributed by atoms with Crippen LogP contribution in [0.25, 0.3) is 0 Å². The van der Waals surface area contributed by atoms with Crippen molar-refractivity contribution in [2.24, 2.45) is 0 Å². The van der Waals surface area contributed by atoms with Crippen LogP contribution in [-0.4, -0.2) is 31.1 Å². The van der Waals surface area contributed by atoms with Gasteiger partial charge in [0.05, 0.1) is 5.75 Å². The molecule has 0 saturated heterocycles. The van der Waals surface area contributed by atoms with Gasteiger partial charge in [0, 0.05) is 30.2 Å². The van der Waals surface area contributed by atoms with Gasteiger partial charge in [-0.2, -0.15) is 0 Å². The number of hydrogen-bond acceptors (Lipinski definition) is 3. The fourth-order valence-corrected chi connectivity index (χ4v) is 2.59. The van der Waals surface area contributed by atoms with Crippen LogP contribution in [0.15, 0.2) is 24.4 Å². The summed E-state index contributed by atoms with van der Waals surface area (Å²) < 4.78 is 25.9. The number of aromatic nitrogens is 1. The van der Waals surface area contributed by atoms with Gasteiger partial charge in [0.25, 0.3) is 0 Å². The van der Waals surface area contributed by atoms with E-state index in [-0.39, 0.29) is 11.1 Å². The Morgan fingerprint density at radius 3 is 2.83 bits per heavy atom. The molecule has 4 nitrogen and oxygen atoms in total. The third-order valence-electron chi connectivity index (χ3n) is 2.58. The van der Waals surface area contributed by atoms with E-state index in [0.717, 1.165) is 12.1 Å². The van der Waals surface area contributed by atoms with Gasteiger partial charge in [-0.3, -0.25) is 4.98 Å². The van der Waals surface area contributed by atoms with Gasteiger partial charge in [-0.25, -0.2) is 13.1 Å². The quantitative estimate of drug-likeness (QED) is 0.745. The Hall–Kier alpha value is -0.650. The van der Waals surface area contributed by atoms with E-state index in [4.69, 9.17) is 11.6 Å². The van der Waals surface area contributed by atoms with Gasteiger partial charge in [0.15, 0.2) is 0 Å². The second-order valence-corrected chi connectivity index (χ2v) is 6.62. The summed E-state index contributed by atoms with van der Waals surface area (Å²) in [6.07, 6.45) is 3.58. The summed E-state index contributed by atoms with van der Waals surface area (Å²) in [5, 5.41) is 0.0310. The number of alkyl halides is 1. The second kappa shape index (κ2) is 7.71. The molecule has 1 N–H and O–H groups in total. The minimum absolute atomic E-state index is 0.0310. The number of sulfonamides is 1. The maximum absolute atomic E-state index is 11.7. The number of nitrogens with one attached hydrogen (secondary N) is 1. The van der Waals surface area contributed by atoms with Crippen LogP contribution in [0.3, 0.4) is 0 Å². The van der Waals surface area contributed by atoms with Crippen LogP contribution in [0, 0.1) is 0 Å². The van der Waals surface area contributed by atoms with Gasteiger partial charge in [0.1, 0.15) is 0 Å². The Labute approximate surface area is 114 Å². The molecule has 1 aromatic heterocycles. The van der Waals surface area contributed by atoms with E-state index in [1.165, 1.54) is 0 Å². The van der Waals surface area contributed by atoms with Crippen molar-refractivity contribution in [1.29, 1.82) is 0 Å². The highest BCUT2D eigenvalue weighted by Crippen LogP contribution is 2.05. The molecular formula is C12H19ClN2O2S. The first kappa shape index (κ1) is 15.4. The number of pyridine rings is 1. The lowest BCUT2D eigenvalue weighted by atomic mass is 10.2. The highest BCUT2D eigenvalue weighted by atomic mass is 35.5. The molecule has 102 valence electrons. The smallest absolute Gasteiger partial charge is 0.211 e. The summed E-state index contributed by atoms with van der Waals surface area (Å²) in [6.45, 7) is 2.37. The molecule has 1 aromatic rings. The van der Waals surface area contributed by atoms with E-state index in [1.54, 1.807) is 6.20 Å². The standard InChI is InChI=1S/C12H19ClN2O2S/c1-2-11(13)6-9-15-18(16,17)10-7-12-5-3-4-8-14-12/h3-5,8,11,15H,2,6-7,9-10H2,1H3. The molecule has 0 bridgehead atoms. The lowest BCUT2D eigenvalue weighted by Crippen LogP contribution is -2.29. The van der Waals surface area contributed by atoms with Crippen LogP contribution in [0.5, 0.6) is 0 Å². The first-order valence-corrected chi connectivity index (χ1v) is 8.13. The average molecular weight is 291 g/mol. The molecule has 0 radical (unpaired) electrons. The van der Waals surface area contributed by atoms with Crippen molar-refractivity contribution in [2.45, 2.75) is 31.6 Å². The molecule has 1 heterocycles. The summed E-state index contributed by atoms with van der Waals surface area (Å²) >= 11 is 5.92. The minimum Gasteiger partial charge on any atom is -0.261 e. The molecule has 1 unspecified atom stereocenters. The topological polar surface area (TPSA) is 59.1 Å². The van der Waals surface area contributed by atoms with Gasteiger partial charge >= 0.3 is 0 Å². The van der Waals surface area contributed by atoms with E-state index in [2.05, 4.69) is 9.71 Å². The number of halogens is 1. The van der Waals surface area contributed by atoms with Gasteiger partial charge in [-0.05, 0) is 25.0 Å². The third kappa shape index (κ3) is 6.33. The van der Waals surface area contributed by atoms with Crippen LogP contribution in [0.1, 0.15) is 25.5 Å². The monoisotopic (exact) mass is 290 g/mol. The molecule has 18 heavy (non-hydrogen) atoms. The predicted molar refractivity (Wildman–Crippen MR) is 74.3 cm³/mol. The van der Waals surface area contributed by atoms with Crippen molar-refractivity contribution in [3.63, 3.8) is 0 Å². The Kier molecular flexibility index (Phi) is 6.60. The molecule has 1 rings (SSSR count). The molecule has 1 atom stereocenters. The van der Waals surface area contributed by atoms with Crippen molar-refractivity contribution in [3.8, 4) is 0 Å². The van der Waals surface area contributed by atoms with E-state index >= 15 is 0 Å². The van der Waals surface area contributed by atoms with E-state index in [1.807, 2.05) is 25.1 Å². The normalized spacial score (nSPS) is 13.4. The van der Waals surface area contributed by atoms with Crippen molar-refractivity contribution in [3.05, 3.63) is 30.1 Å². The summed E-state index contributed by atoms with van der Waals surface area (Å²) in [6, 6.07) is 5.48. The molecule has 0 saturated carbocycles. The van der Waals surface area contributed by atoms with E-state index < -0.39 is 10.0 Å². The molecule has 0 aromatic carbocycles. The Balaban J connectivity index is 2.32. The molecule has 0 spiro atoms. The Bertz CT molecular complexity index is 437. The largest absolute Gasteiger partial charge is 0.261 e. The van der Waals surface area contributed by atoms with Crippen LogP contribution in [0.2, 0.25) is 0 Å². The predicted octanol–water partition coefficient (Wildman–Crippen LogP) is 1.95. The fourth-order valence-electron chi connectivity index (χ4n) is 1.43. The fraction of sp³-hybridized carbons (Fsp3) is 0.583. The maximum Gasteiger partial charge on any atom is 0.211 e. The van der Waals surface area contributed by atoms with Crippen molar-refractivity contribution >= 4 is 21.6 Å². The molecule has 0 aliphatic carbocycles. The summed E-state index contributed by atoms with van der Waals surface area (Å²) in [7, 11) is -3.23. The second-order valence-electron chi connectivity index (χ2n) is 4.08. The zero-order valence-electron chi connectivity index (χ0n) is 10.5. The molecular weight excluding hydrogens is 272 g/mol. The lowest BCUT2D eigenvalue weighted by molar-refractivity contribution is 0.575. The maximum atomic E-state index is 11.7. The average Bonchev–Trinajstić information content (AvgIpc) is 2.37. The van der Waals surface area contributed by atoms with Crippen molar-refractivity contribution in [1.82, 2.24) is 9.71 Å². The minimum atomic E-state index is -3.23. The first-order chi connectivity index (χ1) is 8.53. The van der Waals surface area contributed by atoms with Gasteiger partial charge < -0.3 is 0 Å². The van der Waals surface area contributed by atoms with Crippen LogP contribution in [0.4, 0.5) is 0 Å². The number of hydrogen-bond donors (Lipinski definition) is 1. The molecule has 0 amide bonds. The third-order valence-corrected chi connectivity index (χ3v) is 4.49. The van der Waals surface area contributed by atoms with Crippen molar-refractivity contribution in [2.75, 3.05) is 12.3 Å². The van der Waals surface area contributed by atoms with Gasteiger partial charge in [0.2, 0.25) is 10.0 Å².